The summed E-state index contributed by atoms with van der Waals surface area (Å²) < 4.78 is 19.2. The SMILES string of the molecule is CC(CCC(=O)N[C@@H](CC(=O)O)C(=O)O)Cc1ccc(C(=O)Oc2ccc(C(=N)N)cc2F)s1. The number of halogens is 1. The molecular formula is C22H24FN3O7S. The number of amidine groups is 1. The third-order valence-electron chi connectivity index (χ3n) is 4.73. The Labute approximate surface area is 198 Å². The molecule has 1 aromatic heterocycles. The Bertz CT molecular complexity index is 1100. The first-order valence-corrected chi connectivity index (χ1v) is 11.0. The van der Waals surface area contributed by atoms with Crippen LogP contribution in [0.15, 0.2) is 30.3 Å². The van der Waals surface area contributed by atoms with Gasteiger partial charge in [0.05, 0.1) is 6.42 Å². The predicted octanol–water partition coefficient (Wildman–Crippen LogP) is 2.39. The summed E-state index contributed by atoms with van der Waals surface area (Å²) in [4.78, 5) is 47.1. The van der Waals surface area contributed by atoms with Gasteiger partial charge in [-0.3, -0.25) is 15.0 Å². The Balaban J connectivity index is 1.87. The van der Waals surface area contributed by atoms with Crippen molar-refractivity contribution in [1.82, 2.24) is 5.32 Å². The molecule has 2 aromatic rings. The zero-order valence-electron chi connectivity index (χ0n) is 18.2. The number of nitrogen functional groups attached to an aromatic ring is 1. The number of nitrogens with two attached hydrogens (primary N) is 1. The number of carbonyl (C=O) groups excluding carboxylic acids is 2. The summed E-state index contributed by atoms with van der Waals surface area (Å²) in [6.07, 6.45) is 0.247. The molecule has 0 fully saturated rings. The third-order valence-corrected chi connectivity index (χ3v) is 5.82. The van der Waals surface area contributed by atoms with Crippen LogP contribution in [0.2, 0.25) is 0 Å². The molecule has 0 saturated carbocycles. The third kappa shape index (κ3) is 7.96. The molecule has 0 saturated heterocycles. The quantitative estimate of drug-likeness (QED) is 0.129. The van der Waals surface area contributed by atoms with Crippen molar-refractivity contribution in [3.05, 3.63) is 51.5 Å². The molecule has 34 heavy (non-hydrogen) atoms. The zero-order chi connectivity index (χ0) is 25.4. The normalized spacial score (nSPS) is 12.4. The van der Waals surface area contributed by atoms with Gasteiger partial charge in [-0.2, -0.15) is 0 Å². The molecule has 10 nitrogen and oxygen atoms in total. The maximum atomic E-state index is 14.1. The van der Waals surface area contributed by atoms with Crippen molar-refractivity contribution in [1.29, 1.82) is 5.41 Å². The molecule has 0 aliphatic heterocycles. The number of hydrogen-bond donors (Lipinski definition) is 5. The number of esters is 1. The Morgan fingerprint density at radius 3 is 2.50 bits per heavy atom. The minimum absolute atomic E-state index is 0.00703. The molecular weight excluding hydrogens is 469 g/mol. The Morgan fingerprint density at radius 1 is 1.21 bits per heavy atom. The van der Waals surface area contributed by atoms with Crippen molar-refractivity contribution >= 4 is 41.0 Å². The molecule has 1 heterocycles. The van der Waals surface area contributed by atoms with Gasteiger partial charge in [0.2, 0.25) is 5.91 Å². The van der Waals surface area contributed by atoms with E-state index in [0.717, 1.165) is 22.3 Å². The van der Waals surface area contributed by atoms with Gasteiger partial charge in [0, 0.05) is 16.9 Å². The minimum atomic E-state index is -1.49. The topological polar surface area (TPSA) is 180 Å². The standard InChI is InChI=1S/C22H24FN3O7S/c1-11(2-7-18(27)26-15(21(30)31)10-19(28)29)8-13-4-6-17(34-13)22(32)33-16-5-3-12(20(24)25)9-14(16)23/h3-6,9,11,15H,2,7-8,10H2,1H3,(H3,24,25)(H,26,27)(H,28,29)(H,30,31)/t11?,15-/m0/s1. The Hall–Kier alpha value is -3.80. The van der Waals surface area contributed by atoms with Gasteiger partial charge in [-0.25, -0.2) is 14.0 Å². The van der Waals surface area contributed by atoms with Crippen LogP contribution in [0.3, 0.4) is 0 Å². The number of amides is 1. The van der Waals surface area contributed by atoms with E-state index >= 15 is 0 Å². The van der Waals surface area contributed by atoms with E-state index in [2.05, 4.69) is 5.32 Å². The first-order chi connectivity index (χ1) is 16.0. The minimum Gasteiger partial charge on any atom is -0.481 e. The number of carboxylic acids is 2. The summed E-state index contributed by atoms with van der Waals surface area (Å²) >= 11 is 1.16. The summed E-state index contributed by atoms with van der Waals surface area (Å²) in [7, 11) is 0. The van der Waals surface area contributed by atoms with Crippen LogP contribution in [0.1, 0.15) is 46.3 Å². The first-order valence-electron chi connectivity index (χ1n) is 10.1. The summed E-state index contributed by atoms with van der Waals surface area (Å²) in [5.74, 6) is -5.46. The van der Waals surface area contributed by atoms with Crippen LogP contribution in [0.4, 0.5) is 4.39 Å². The lowest BCUT2D eigenvalue weighted by Crippen LogP contribution is -2.42. The lowest BCUT2D eigenvalue weighted by Gasteiger charge is -2.14. The van der Waals surface area contributed by atoms with Gasteiger partial charge in [-0.15, -0.1) is 11.3 Å². The molecule has 2 rings (SSSR count). The van der Waals surface area contributed by atoms with Crippen molar-refractivity contribution in [2.24, 2.45) is 11.7 Å². The molecule has 0 aliphatic rings. The van der Waals surface area contributed by atoms with Crippen molar-refractivity contribution in [2.45, 2.75) is 38.6 Å². The van der Waals surface area contributed by atoms with E-state index in [0.29, 0.717) is 12.8 Å². The van der Waals surface area contributed by atoms with E-state index in [1.165, 1.54) is 12.1 Å². The number of carboxylic acid groups (broad SMARTS) is 2. The molecule has 12 heteroatoms. The second-order valence-corrected chi connectivity index (χ2v) is 8.79. The van der Waals surface area contributed by atoms with Gasteiger partial charge in [0.15, 0.2) is 11.6 Å². The van der Waals surface area contributed by atoms with Gasteiger partial charge >= 0.3 is 17.9 Å². The zero-order valence-corrected chi connectivity index (χ0v) is 19.0. The molecule has 2 atom stereocenters. The highest BCUT2D eigenvalue weighted by Crippen LogP contribution is 2.25. The fourth-order valence-electron chi connectivity index (χ4n) is 2.96. The number of thiophene rings is 1. The maximum absolute atomic E-state index is 14.1. The van der Waals surface area contributed by atoms with Crippen LogP contribution >= 0.6 is 11.3 Å². The van der Waals surface area contributed by atoms with Crippen LogP contribution in [0.25, 0.3) is 0 Å². The number of hydrogen-bond acceptors (Lipinski definition) is 7. The van der Waals surface area contributed by atoms with E-state index in [1.54, 1.807) is 12.1 Å². The number of rotatable bonds is 12. The Kier molecular flexibility index (Phi) is 9.25. The van der Waals surface area contributed by atoms with Gasteiger partial charge in [-0.1, -0.05) is 6.92 Å². The summed E-state index contributed by atoms with van der Waals surface area (Å²) in [6, 6.07) is 5.37. The van der Waals surface area contributed by atoms with Crippen molar-refractivity contribution < 1.29 is 38.5 Å². The van der Waals surface area contributed by atoms with Gasteiger partial charge in [0.25, 0.3) is 0 Å². The van der Waals surface area contributed by atoms with E-state index in [1.807, 2.05) is 6.92 Å². The average Bonchev–Trinajstić information content (AvgIpc) is 3.21. The average molecular weight is 494 g/mol. The van der Waals surface area contributed by atoms with Crippen molar-refractivity contribution in [2.75, 3.05) is 0 Å². The summed E-state index contributed by atoms with van der Waals surface area (Å²) in [6.45, 7) is 1.88. The largest absolute Gasteiger partial charge is 0.481 e. The molecule has 1 unspecified atom stereocenters. The molecule has 0 radical (unpaired) electrons. The van der Waals surface area contributed by atoms with Gasteiger partial charge in [0.1, 0.15) is 16.8 Å². The fourth-order valence-corrected chi connectivity index (χ4v) is 4.01. The maximum Gasteiger partial charge on any atom is 0.353 e. The van der Waals surface area contributed by atoms with Crippen LogP contribution in [-0.2, 0) is 20.8 Å². The van der Waals surface area contributed by atoms with E-state index in [9.17, 15) is 23.6 Å². The lowest BCUT2D eigenvalue weighted by atomic mass is 10.0. The smallest absolute Gasteiger partial charge is 0.353 e. The van der Waals surface area contributed by atoms with E-state index in [4.69, 9.17) is 26.1 Å². The van der Waals surface area contributed by atoms with E-state index in [-0.39, 0.29) is 34.4 Å². The molecule has 182 valence electrons. The molecule has 0 spiro atoms. The first kappa shape index (κ1) is 26.5. The number of ether oxygens (including phenoxy) is 1. The number of benzene rings is 1. The molecule has 0 bridgehead atoms. The molecule has 1 amide bonds. The summed E-state index contributed by atoms with van der Waals surface area (Å²) in [5, 5.41) is 27.2. The number of nitrogens with one attached hydrogen (secondary N) is 2. The van der Waals surface area contributed by atoms with Gasteiger partial charge in [-0.05, 0) is 49.1 Å². The van der Waals surface area contributed by atoms with Crippen LogP contribution in [0, 0.1) is 17.1 Å². The second kappa shape index (κ2) is 11.9. The number of aliphatic carboxylic acids is 2. The summed E-state index contributed by atoms with van der Waals surface area (Å²) in [5.41, 5.74) is 5.46. The monoisotopic (exact) mass is 493 g/mol. The molecule has 0 aliphatic carbocycles. The fraction of sp³-hybridized carbons (Fsp3) is 0.318. The predicted molar refractivity (Wildman–Crippen MR) is 121 cm³/mol. The molecule has 1 aromatic carbocycles. The van der Waals surface area contributed by atoms with Crippen molar-refractivity contribution in [3.8, 4) is 5.75 Å². The van der Waals surface area contributed by atoms with Crippen LogP contribution in [-0.4, -0.2) is 45.9 Å². The van der Waals surface area contributed by atoms with Crippen LogP contribution in [0.5, 0.6) is 5.75 Å². The lowest BCUT2D eigenvalue weighted by molar-refractivity contribution is -0.147. The van der Waals surface area contributed by atoms with E-state index < -0.39 is 42.1 Å². The second-order valence-electron chi connectivity index (χ2n) is 7.62. The van der Waals surface area contributed by atoms with Crippen molar-refractivity contribution in [3.63, 3.8) is 0 Å². The van der Waals surface area contributed by atoms with Crippen LogP contribution < -0.4 is 15.8 Å². The highest BCUT2D eigenvalue weighted by molar-refractivity contribution is 7.13. The number of carbonyl (C=O) groups is 4. The molecule has 6 N–H and O–H groups in total. The Morgan fingerprint density at radius 2 is 1.91 bits per heavy atom. The van der Waals surface area contributed by atoms with Gasteiger partial charge < -0.3 is 26.0 Å². The highest BCUT2D eigenvalue weighted by atomic mass is 32.1. The highest BCUT2D eigenvalue weighted by Gasteiger charge is 2.23.